The molecule has 166 valence electrons. The van der Waals surface area contributed by atoms with Crippen LogP contribution in [0.25, 0.3) is 0 Å². The molecule has 0 spiro atoms. The fourth-order valence-electron chi connectivity index (χ4n) is 3.98. The Labute approximate surface area is 184 Å². The largest absolute Gasteiger partial charge is 0.370 e. The molecular weight excluding hydrogens is 390 g/mol. The van der Waals surface area contributed by atoms with Gasteiger partial charge in [0.05, 0.1) is 0 Å². The number of nitrogens with two attached hydrogens (primary N) is 1. The minimum Gasteiger partial charge on any atom is -0.370 e. The summed E-state index contributed by atoms with van der Waals surface area (Å²) in [5, 5.41) is 6.67. The zero-order valence-electron chi connectivity index (χ0n) is 18.5. The van der Waals surface area contributed by atoms with E-state index >= 15 is 0 Å². The molecule has 2 aliphatic rings. The van der Waals surface area contributed by atoms with Crippen LogP contribution < -0.4 is 16.4 Å². The molecule has 1 saturated heterocycles. The van der Waals surface area contributed by atoms with E-state index in [-0.39, 0.29) is 5.91 Å². The number of aromatic nitrogens is 2. The third-order valence-electron chi connectivity index (χ3n) is 6.05. The summed E-state index contributed by atoms with van der Waals surface area (Å²) in [6, 6.07) is 8.00. The summed E-state index contributed by atoms with van der Waals surface area (Å²) < 4.78 is 0. The number of rotatable bonds is 9. The van der Waals surface area contributed by atoms with Gasteiger partial charge >= 0.3 is 0 Å². The Balaban J connectivity index is 1.46. The van der Waals surface area contributed by atoms with E-state index < -0.39 is 0 Å². The predicted molar refractivity (Wildman–Crippen MR) is 124 cm³/mol. The number of likely N-dealkylation sites (tertiary alicyclic amines) is 1. The van der Waals surface area contributed by atoms with E-state index in [1.807, 2.05) is 35.4 Å². The van der Waals surface area contributed by atoms with Gasteiger partial charge in [0.15, 0.2) is 0 Å². The van der Waals surface area contributed by atoms with Gasteiger partial charge in [0, 0.05) is 48.7 Å². The van der Waals surface area contributed by atoms with Gasteiger partial charge in [0.25, 0.3) is 5.91 Å². The van der Waals surface area contributed by atoms with Crippen molar-refractivity contribution in [3.8, 4) is 0 Å². The van der Waals surface area contributed by atoms with Crippen molar-refractivity contribution < 1.29 is 4.79 Å². The van der Waals surface area contributed by atoms with Gasteiger partial charge in [0.2, 0.25) is 5.95 Å². The highest BCUT2D eigenvalue weighted by Crippen LogP contribution is 2.42. The summed E-state index contributed by atoms with van der Waals surface area (Å²) in [6.07, 6.45) is 6.20. The van der Waals surface area contributed by atoms with Crippen molar-refractivity contribution in [2.24, 2.45) is 5.73 Å². The monoisotopic (exact) mass is 423 g/mol. The van der Waals surface area contributed by atoms with Gasteiger partial charge in [-0.25, -0.2) is 4.98 Å². The number of carbonyl (C=O) groups is 1. The van der Waals surface area contributed by atoms with Gasteiger partial charge in [-0.05, 0) is 70.4 Å². The summed E-state index contributed by atoms with van der Waals surface area (Å²) in [5.74, 6) is 2.04. The highest BCUT2D eigenvalue weighted by atomic mass is 16.2. The second kappa shape index (κ2) is 9.62. The van der Waals surface area contributed by atoms with Crippen molar-refractivity contribution in [2.45, 2.75) is 37.6 Å². The van der Waals surface area contributed by atoms with E-state index in [0.29, 0.717) is 30.0 Å². The lowest BCUT2D eigenvalue weighted by atomic mass is 10.1. The Bertz CT molecular complexity index is 913. The van der Waals surface area contributed by atoms with Crippen LogP contribution in [0.5, 0.6) is 0 Å². The van der Waals surface area contributed by atoms with Crippen LogP contribution in [0, 0.1) is 0 Å². The Morgan fingerprint density at radius 1 is 1.29 bits per heavy atom. The van der Waals surface area contributed by atoms with E-state index in [9.17, 15) is 4.79 Å². The van der Waals surface area contributed by atoms with Crippen LogP contribution in [0.15, 0.2) is 30.5 Å². The van der Waals surface area contributed by atoms with Crippen molar-refractivity contribution >= 4 is 23.4 Å². The molecule has 1 saturated carbocycles. The van der Waals surface area contributed by atoms with E-state index in [0.717, 1.165) is 44.0 Å². The van der Waals surface area contributed by atoms with E-state index in [4.69, 9.17) is 10.7 Å². The third-order valence-corrected chi connectivity index (χ3v) is 6.05. The Morgan fingerprint density at radius 2 is 2.13 bits per heavy atom. The number of hydrogen-bond acceptors (Lipinski definition) is 7. The van der Waals surface area contributed by atoms with Crippen molar-refractivity contribution in [1.82, 2.24) is 19.8 Å². The van der Waals surface area contributed by atoms with Crippen LogP contribution in [0.4, 0.5) is 17.5 Å². The molecular formula is C23H33N7O. The van der Waals surface area contributed by atoms with Gasteiger partial charge in [-0.1, -0.05) is 6.07 Å². The first kappa shape index (κ1) is 21.5. The number of likely N-dealkylation sites (N-methyl/N-ethyl adjacent to an activating group) is 1. The zero-order valence-corrected chi connectivity index (χ0v) is 18.5. The molecule has 0 bridgehead atoms. The zero-order chi connectivity index (χ0) is 21.8. The fraction of sp³-hybridized carbons (Fsp3) is 0.522. The first-order valence-electron chi connectivity index (χ1n) is 11.2. The molecule has 1 aromatic carbocycles. The lowest BCUT2D eigenvalue weighted by Gasteiger charge is -2.20. The SMILES string of the molecule is CN(C)[C@H]1CCN(C(=O)c2cccc(Nc3ncc(C4CC4)c(NCCCN)n3)c2)C1. The third kappa shape index (κ3) is 5.32. The Morgan fingerprint density at radius 3 is 2.84 bits per heavy atom. The minimum absolute atomic E-state index is 0.0714. The molecule has 0 unspecified atom stereocenters. The summed E-state index contributed by atoms with van der Waals surface area (Å²) in [6.45, 7) is 3.01. The topological polar surface area (TPSA) is 99.4 Å². The van der Waals surface area contributed by atoms with Crippen LogP contribution in [0.2, 0.25) is 0 Å². The highest BCUT2D eigenvalue weighted by Gasteiger charge is 2.29. The maximum Gasteiger partial charge on any atom is 0.253 e. The van der Waals surface area contributed by atoms with Crippen LogP contribution in [0.3, 0.4) is 0 Å². The smallest absolute Gasteiger partial charge is 0.253 e. The highest BCUT2D eigenvalue weighted by molar-refractivity contribution is 5.95. The quantitative estimate of drug-likeness (QED) is 0.533. The van der Waals surface area contributed by atoms with Crippen LogP contribution in [-0.2, 0) is 0 Å². The van der Waals surface area contributed by atoms with Crippen LogP contribution >= 0.6 is 0 Å². The summed E-state index contributed by atoms with van der Waals surface area (Å²) in [7, 11) is 4.13. The van der Waals surface area contributed by atoms with Crippen molar-refractivity contribution in [3.05, 3.63) is 41.6 Å². The van der Waals surface area contributed by atoms with Crippen LogP contribution in [-0.4, -0.2) is 72.0 Å². The second-order valence-electron chi connectivity index (χ2n) is 8.70. The Kier molecular flexibility index (Phi) is 6.67. The summed E-state index contributed by atoms with van der Waals surface area (Å²) in [5.41, 5.74) is 8.29. The van der Waals surface area contributed by atoms with E-state index in [1.54, 1.807) is 0 Å². The van der Waals surface area contributed by atoms with Gasteiger partial charge in [-0.2, -0.15) is 4.98 Å². The van der Waals surface area contributed by atoms with Crippen LogP contribution in [0.1, 0.15) is 47.5 Å². The van der Waals surface area contributed by atoms with E-state index in [1.165, 1.54) is 18.4 Å². The molecule has 1 aromatic heterocycles. The first-order chi connectivity index (χ1) is 15.0. The summed E-state index contributed by atoms with van der Waals surface area (Å²) >= 11 is 0. The number of hydrogen-bond donors (Lipinski definition) is 3. The molecule has 8 nitrogen and oxygen atoms in total. The molecule has 2 aromatic rings. The second-order valence-corrected chi connectivity index (χ2v) is 8.70. The summed E-state index contributed by atoms with van der Waals surface area (Å²) in [4.78, 5) is 26.3. The molecule has 31 heavy (non-hydrogen) atoms. The molecule has 1 atom stereocenters. The number of benzene rings is 1. The maximum atomic E-state index is 13.0. The number of anilines is 3. The first-order valence-corrected chi connectivity index (χ1v) is 11.2. The number of nitrogens with one attached hydrogen (secondary N) is 2. The number of amides is 1. The maximum absolute atomic E-state index is 13.0. The molecule has 2 heterocycles. The fourth-order valence-corrected chi connectivity index (χ4v) is 3.98. The lowest BCUT2D eigenvalue weighted by molar-refractivity contribution is 0.0783. The Hall–Kier alpha value is -2.71. The van der Waals surface area contributed by atoms with E-state index in [2.05, 4.69) is 34.6 Å². The molecule has 1 aliphatic heterocycles. The number of nitrogens with zero attached hydrogens (tertiary/aromatic N) is 4. The molecule has 4 rings (SSSR count). The molecule has 0 radical (unpaired) electrons. The van der Waals surface area contributed by atoms with Crippen molar-refractivity contribution in [2.75, 3.05) is 50.9 Å². The predicted octanol–water partition coefficient (Wildman–Crippen LogP) is 2.63. The number of carbonyl (C=O) groups excluding carboxylic acids is 1. The lowest BCUT2D eigenvalue weighted by Crippen LogP contribution is -2.34. The minimum atomic E-state index is 0.0714. The van der Waals surface area contributed by atoms with Gasteiger partial charge < -0.3 is 26.2 Å². The normalized spacial score (nSPS) is 18.5. The molecule has 2 fully saturated rings. The van der Waals surface area contributed by atoms with Gasteiger partial charge in [0.1, 0.15) is 5.82 Å². The average molecular weight is 424 g/mol. The van der Waals surface area contributed by atoms with Gasteiger partial charge in [-0.15, -0.1) is 0 Å². The molecule has 1 amide bonds. The standard InChI is InChI=1S/C23H33N7O/c1-29(2)19-9-12-30(15-19)22(31)17-5-3-6-18(13-17)27-23-26-14-20(16-7-8-16)21(28-23)25-11-4-10-24/h3,5-6,13-14,16,19H,4,7-12,15,24H2,1-2H3,(H2,25,26,27,28)/t19-/m0/s1. The molecule has 4 N–H and O–H groups in total. The molecule has 8 heteroatoms. The van der Waals surface area contributed by atoms with Crippen molar-refractivity contribution in [3.63, 3.8) is 0 Å². The average Bonchev–Trinajstić information content (AvgIpc) is 3.48. The van der Waals surface area contributed by atoms with Crippen molar-refractivity contribution in [1.29, 1.82) is 0 Å². The molecule has 1 aliphatic carbocycles. The van der Waals surface area contributed by atoms with Gasteiger partial charge in [-0.3, -0.25) is 4.79 Å².